The Morgan fingerprint density at radius 1 is 1.03 bits per heavy atom. The third-order valence-electron chi connectivity index (χ3n) is 5.51. The van der Waals surface area contributed by atoms with Crippen LogP contribution in [-0.2, 0) is 11.2 Å². The molecule has 0 atom stereocenters. The van der Waals surface area contributed by atoms with E-state index >= 15 is 0 Å². The summed E-state index contributed by atoms with van der Waals surface area (Å²) in [6.07, 6.45) is 1.99. The van der Waals surface area contributed by atoms with Gasteiger partial charge in [-0.1, -0.05) is 36.4 Å². The van der Waals surface area contributed by atoms with E-state index in [0.29, 0.717) is 17.7 Å². The molecule has 0 bridgehead atoms. The Labute approximate surface area is 179 Å². The van der Waals surface area contributed by atoms with Crippen LogP contribution in [0.3, 0.4) is 0 Å². The van der Waals surface area contributed by atoms with Crippen LogP contribution in [0.1, 0.15) is 39.9 Å². The molecule has 1 amide bonds. The van der Waals surface area contributed by atoms with Gasteiger partial charge in [-0.2, -0.15) is 5.26 Å². The number of nitrogens with zero attached hydrogens (tertiary/aromatic N) is 1. The molecular weight excluding hydrogens is 395 g/mol. The van der Waals surface area contributed by atoms with Gasteiger partial charge in [0.05, 0.1) is 17.2 Å². The number of carbonyl (C=O) groups is 1. The molecule has 1 aliphatic rings. The topological polar surface area (TPSA) is 52.9 Å². The van der Waals surface area contributed by atoms with E-state index in [9.17, 15) is 9.18 Å². The molecule has 0 spiro atoms. The Kier molecular flexibility index (Phi) is 5.87. The van der Waals surface area contributed by atoms with E-state index in [1.807, 2.05) is 48.5 Å². The molecule has 1 N–H and O–H groups in total. The lowest BCUT2D eigenvalue weighted by Crippen LogP contribution is -2.32. The molecule has 0 heterocycles. The van der Waals surface area contributed by atoms with Crippen LogP contribution in [0.15, 0.2) is 77.7 Å². The molecule has 0 aromatic heterocycles. The normalized spacial score (nSPS) is 14.0. The Balaban J connectivity index is 1.41. The zero-order valence-electron chi connectivity index (χ0n) is 16.4. The van der Waals surface area contributed by atoms with E-state index in [2.05, 4.69) is 11.4 Å². The zero-order valence-corrected chi connectivity index (χ0v) is 17.2. The van der Waals surface area contributed by atoms with E-state index in [-0.39, 0.29) is 17.1 Å². The first kappa shape index (κ1) is 20.2. The van der Waals surface area contributed by atoms with Gasteiger partial charge in [0.1, 0.15) is 5.82 Å². The van der Waals surface area contributed by atoms with Gasteiger partial charge in [0.2, 0.25) is 0 Å². The smallest absolute Gasteiger partial charge is 0.252 e. The number of nitrogens with one attached hydrogen (secondary N) is 1. The molecule has 3 aromatic rings. The number of carbonyl (C=O) groups excluding carboxylic acids is 1. The van der Waals surface area contributed by atoms with Crippen molar-refractivity contribution in [3.05, 3.63) is 101 Å². The van der Waals surface area contributed by atoms with Crippen LogP contribution < -0.4 is 5.32 Å². The molecule has 150 valence electrons. The summed E-state index contributed by atoms with van der Waals surface area (Å²) in [4.78, 5) is 13.8. The Hall–Kier alpha value is -3.10. The fraction of sp³-hybridized carbons (Fsp3) is 0.200. The molecule has 5 heteroatoms. The summed E-state index contributed by atoms with van der Waals surface area (Å²) in [5.74, 6) is 0.383. The van der Waals surface area contributed by atoms with E-state index in [0.717, 1.165) is 34.6 Å². The summed E-state index contributed by atoms with van der Waals surface area (Å²) in [5.41, 5.74) is 3.40. The Morgan fingerprint density at radius 3 is 2.40 bits per heavy atom. The molecule has 1 aliphatic carbocycles. The van der Waals surface area contributed by atoms with Crippen LogP contribution in [0, 0.1) is 17.1 Å². The van der Waals surface area contributed by atoms with Crippen molar-refractivity contribution in [1.82, 2.24) is 5.32 Å². The van der Waals surface area contributed by atoms with Crippen molar-refractivity contribution in [3.8, 4) is 6.07 Å². The van der Waals surface area contributed by atoms with E-state index < -0.39 is 0 Å². The molecule has 3 aromatic carbocycles. The number of hydrogen-bond acceptors (Lipinski definition) is 3. The van der Waals surface area contributed by atoms with Crippen LogP contribution in [0.2, 0.25) is 0 Å². The van der Waals surface area contributed by atoms with Crippen LogP contribution in [-0.4, -0.2) is 12.5 Å². The van der Waals surface area contributed by atoms with Gasteiger partial charge in [-0.15, -0.1) is 11.8 Å². The van der Waals surface area contributed by atoms with Gasteiger partial charge in [0.15, 0.2) is 0 Å². The van der Waals surface area contributed by atoms with Gasteiger partial charge in [-0.05, 0) is 60.4 Å². The predicted octanol–water partition coefficient (Wildman–Crippen LogP) is 5.45. The molecule has 0 unspecified atom stereocenters. The SMILES string of the molecule is N#Cc1ccc(CSc2ccccc2C(=O)NCC2(c3ccc(F)cc3)CC2)cc1. The fourth-order valence-electron chi connectivity index (χ4n) is 3.48. The second kappa shape index (κ2) is 8.73. The molecule has 1 fully saturated rings. The fourth-order valence-corrected chi connectivity index (χ4v) is 4.49. The third-order valence-corrected chi connectivity index (χ3v) is 6.65. The lowest BCUT2D eigenvalue weighted by Gasteiger charge is -2.17. The Morgan fingerprint density at radius 2 is 1.73 bits per heavy atom. The highest BCUT2D eigenvalue weighted by Gasteiger charge is 2.44. The maximum absolute atomic E-state index is 13.2. The zero-order chi connectivity index (χ0) is 21.0. The molecule has 30 heavy (non-hydrogen) atoms. The summed E-state index contributed by atoms with van der Waals surface area (Å²) in [6.45, 7) is 0.548. The number of nitriles is 1. The number of thioether (sulfide) groups is 1. The largest absolute Gasteiger partial charge is 0.351 e. The van der Waals surface area contributed by atoms with Crippen molar-refractivity contribution in [2.45, 2.75) is 28.9 Å². The maximum Gasteiger partial charge on any atom is 0.252 e. The highest BCUT2D eigenvalue weighted by atomic mass is 32.2. The van der Waals surface area contributed by atoms with E-state index in [4.69, 9.17) is 5.26 Å². The van der Waals surface area contributed by atoms with Crippen molar-refractivity contribution in [2.75, 3.05) is 6.54 Å². The summed E-state index contributed by atoms with van der Waals surface area (Å²) in [5, 5.41) is 12.0. The molecule has 3 nitrogen and oxygen atoms in total. The molecule has 1 saturated carbocycles. The number of amides is 1. The number of hydrogen-bond donors (Lipinski definition) is 1. The first-order chi connectivity index (χ1) is 14.6. The highest BCUT2D eigenvalue weighted by Crippen LogP contribution is 2.47. The quantitative estimate of drug-likeness (QED) is 0.521. The van der Waals surface area contributed by atoms with Crippen LogP contribution in [0.5, 0.6) is 0 Å². The number of halogens is 1. The number of benzene rings is 3. The lowest BCUT2D eigenvalue weighted by molar-refractivity contribution is 0.0946. The minimum absolute atomic E-state index is 0.0755. The van der Waals surface area contributed by atoms with Gasteiger partial charge in [-0.3, -0.25) is 4.79 Å². The van der Waals surface area contributed by atoms with Crippen molar-refractivity contribution in [2.24, 2.45) is 0 Å². The van der Waals surface area contributed by atoms with Gasteiger partial charge >= 0.3 is 0 Å². The lowest BCUT2D eigenvalue weighted by atomic mass is 9.96. The van der Waals surface area contributed by atoms with E-state index in [1.54, 1.807) is 23.9 Å². The highest BCUT2D eigenvalue weighted by molar-refractivity contribution is 7.98. The maximum atomic E-state index is 13.2. The van der Waals surface area contributed by atoms with Crippen molar-refractivity contribution >= 4 is 17.7 Å². The molecule has 0 radical (unpaired) electrons. The summed E-state index contributed by atoms with van der Waals surface area (Å²) in [6, 6.07) is 23.8. The first-order valence-electron chi connectivity index (χ1n) is 9.85. The monoisotopic (exact) mass is 416 g/mol. The minimum atomic E-state index is -0.244. The molecule has 4 rings (SSSR count). The van der Waals surface area contributed by atoms with Gasteiger partial charge < -0.3 is 5.32 Å². The van der Waals surface area contributed by atoms with Crippen molar-refractivity contribution in [1.29, 1.82) is 5.26 Å². The second-order valence-electron chi connectivity index (χ2n) is 7.56. The van der Waals surface area contributed by atoms with Crippen LogP contribution in [0.4, 0.5) is 4.39 Å². The predicted molar refractivity (Wildman–Crippen MR) is 117 cm³/mol. The minimum Gasteiger partial charge on any atom is -0.351 e. The van der Waals surface area contributed by atoms with E-state index in [1.165, 1.54) is 12.1 Å². The van der Waals surface area contributed by atoms with Crippen molar-refractivity contribution < 1.29 is 9.18 Å². The average Bonchev–Trinajstić information content (AvgIpc) is 3.58. The molecular formula is C25H21FN2OS. The summed E-state index contributed by atoms with van der Waals surface area (Å²) in [7, 11) is 0. The van der Waals surface area contributed by atoms with Crippen molar-refractivity contribution in [3.63, 3.8) is 0 Å². The van der Waals surface area contributed by atoms with Crippen LogP contribution in [0.25, 0.3) is 0 Å². The number of rotatable bonds is 7. The molecule has 0 aliphatic heterocycles. The summed E-state index contributed by atoms with van der Waals surface area (Å²) < 4.78 is 13.2. The van der Waals surface area contributed by atoms with Gasteiger partial charge in [0, 0.05) is 22.6 Å². The second-order valence-corrected chi connectivity index (χ2v) is 8.58. The third kappa shape index (κ3) is 4.55. The first-order valence-corrected chi connectivity index (χ1v) is 10.8. The summed E-state index contributed by atoms with van der Waals surface area (Å²) >= 11 is 1.60. The standard InChI is InChI=1S/C25H21FN2OS/c26-21-11-9-20(10-12-21)25(13-14-25)17-28-24(29)22-3-1-2-4-23(22)30-16-19-7-5-18(15-27)6-8-19/h1-12H,13-14,16-17H2,(H,28,29). The molecule has 0 saturated heterocycles. The Bertz CT molecular complexity index is 1080. The van der Waals surface area contributed by atoms with Gasteiger partial charge in [-0.25, -0.2) is 4.39 Å². The van der Waals surface area contributed by atoms with Gasteiger partial charge in [0.25, 0.3) is 5.91 Å². The van der Waals surface area contributed by atoms with Crippen LogP contribution >= 0.6 is 11.8 Å². The average molecular weight is 417 g/mol.